The van der Waals surface area contributed by atoms with Crippen molar-refractivity contribution in [3.63, 3.8) is 0 Å². The summed E-state index contributed by atoms with van der Waals surface area (Å²) in [6, 6.07) is 10.4. The minimum atomic E-state index is -0.242. The van der Waals surface area contributed by atoms with Gasteiger partial charge in [-0.1, -0.05) is 0 Å². The number of pyridine rings is 1. The molecule has 0 radical (unpaired) electrons. The molecule has 1 aromatic heterocycles. The van der Waals surface area contributed by atoms with Gasteiger partial charge in [-0.05, 0) is 46.3 Å². The molecule has 0 aliphatic heterocycles. The lowest BCUT2D eigenvalue weighted by Crippen LogP contribution is -2.12. The van der Waals surface area contributed by atoms with Gasteiger partial charge < -0.3 is 5.32 Å². The number of anilines is 1. The van der Waals surface area contributed by atoms with Crippen LogP contribution in [0.2, 0.25) is 0 Å². The Morgan fingerprint density at radius 1 is 1.39 bits per heavy atom. The molecule has 5 heteroatoms. The number of benzene rings is 1. The van der Waals surface area contributed by atoms with Crippen LogP contribution in [-0.2, 0) is 0 Å². The van der Waals surface area contributed by atoms with Crippen LogP contribution in [0.3, 0.4) is 0 Å². The number of hydrogen-bond acceptors (Lipinski definition) is 3. The van der Waals surface area contributed by atoms with Gasteiger partial charge in [0, 0.05) is 16.9 Å². The van der Waals surface area contributed by atoms with E-state index in [2.05, 4.69) is 26.2 Å². The van der Waals surface area contributed by atoms with Crippen LogP contribution in [-0.4, -0.2) is 10.9 Å². The SMILES string of the molecule is N#Cc1ccc(NC(=O)c2cccnc2)c(Br)c1. The van der Waals surface area contributed by atoms with E-state index in [4.69, 9.17) is 5.26 Å². The first-order chi connectivity index (χ1) is 8.70. The predicted molar refractivity (Wildman–Crippen MR) is 71.0 cm³/mol. The molecule has 0 atom stereocenters. The number of amides is 1. The molecule has 0 saturated carbocycles. The molecule has 18 heavy (non-hydrogen) atoms. The third kappa shape index (κ3) is 2.73. The fraction of sp³-hybridized carbons (Fsp3) is 0. The first-order valence-electron chi connectivity index (χ1n) is 5.12. The maximum Gasteiger partial charge on any atom is 0.257 e. The number of carbonyl (C=O) groups is 1. The van der Waals surface area contributed by atoms with Crippen molar-refractivity contribution in [3.05, 3.63) is 58.3 Å². The largest absolute Gasteiger partial charge is 0.321 e. The monoisotopic (exact) mass is 301 g/mol. The van der Waals surface area contributed by atoms with Gasteiger partial charge in [-0.25, -0.2) is 0 Å². The van der Waals surface area contributed by atoms with E-state index >= 15 is 0 Å². The van der Waals surface area contributed by atoms with Crippen LogP contribution in [0.25, 0.3) is 0 Å². The van der Waals surface area contributed by atoms with E-state index in [9.17, 15) is 4.79 Å². The maximum atomic E-state index is 11.9. The summed E-state index contributed by atoms with van der Waals surface area (Å²) >= 11 is 3.31. The molecule has 0 fully saturated rings. The highest BCUT2D eigenvalue weighted by molar-refractivity contribution is 9.10. The van der Waals surface area contributed by atoms with Gasteiger partial charge in [0.2, 0.25) is 0 Å². The Morgan fingerprint density at radius 2 is 2.22 bits per heavy atom. The molecule has 88 valence electrons. The molecule has 4 nitrogen and oxygen atoms in total. The number of hydrogen-bond donors (Lipinski definition) is 1. The molecule has 1 heterocycles. The van der Waals surface area contributed by atoms with Crippen LogP contribution >= 0.6 is 15.9 Å². The molecule has 0 aliphatic rings. The normalized spacial score (nSPS) is 9.56. The van der Waals surface area contributed by atoms with Crippen LogP contribution in [0.15, 0.2) is 47.2 Å². The molecule has 1 amide bonds. The summed E-state index contributed by atoms with van der Waals surface area (Å²) in [6.45, 7) is 0. The molecule has 0 aliphatic carbocycles. The lowest BCUT2D eigenvalue weighted by molar-refractivity contribution is 0.102. The Hall–Kier alpha value is -2.19. The quantitative estimate of drug-likeness (QED) is 0.927. The molecular weight excluding hydrogens is 294 g/mol. The molecular formula is C13H8BrN3O. The Kier molecular flexibility index (Phi) is 3.70. The number of nitriles is 1. The van der Waals surface area contributed by atoms with E-state index in [0.717, 1.165) is 0 Å². The number of rotatable bonds is 2. The van der Waals surface area contributed by atoms with Crippen LogP contribution in [0.1, 0.15) is 15.9 Å². The summed E-state index contributed by atoms with van der Waals surface area (Å²) < 4.78 is 0.666. The summed E-state index contributed by atoms with van der Waals surface area (Å²) in [5.74, 6) is -0.242. The van der Waals surface area contributed by atoms with Gasteiger partial charge >= 0.3 is 0 Å². The number of nitrogens with zero attached hydrogens (tertiary/aromatic N) is 2. The van der Waals surface area contributed by atoms with E-state index in [1.807, 2.05) is 6.07 Å². The molecule has 0 bridgehead atoms. The van der Waals surface area contributed by atoms with Gasteiger partial charge in [-0.3, -0.25) is 9.78 Å². The summed E-state index contributed by atoms with van der Waals surface area (Å²) in [4.78, 5) is 15.8. The molecule has 1 N–H and O–H groups in total. The number of halogens is 1. The van der Waals surface area contributed by atoms with Crippen molar-refractivity contribution in [1.82, 2.24) is 4.98 Å². The zero-order chi connectivity index (χ0) is 13.0. The Labute approximate surface area is 112 Å². The van der Waals surface area contributed by atoms with Crippen LogP contribution in [0, 0.1) is 11.3 Å². The second kappa shape index (κ2) is 5.43. The fourth-order valence-electron chi connectivity index (χ4n) is 1.38. The van der Waals surface area contributed by atoms with E-state index in [1.54, 1.807) is 36.5 Å². The summed E-state index contributed by atoms with van der Waals surface area (Å²) in [7, 11) is 0. The van der Waals surface area contributed by atoms with Crippen molar-refractivity contribution in [2.75, 3.05) is 5.32 Å². The third-order valence-corrected chi connectivity index (χ3v) is 2.93. The topological polar surface area (TPSA) is 65.8 Å². The third-order valence-electron chi connectivity index (χ3n) is 2.27. The maximum absolute atomic E-state index is 11.9. The van der Waals surface area contributed by atoms with E-state index in [1.165, 1.54) is 6.20 Å². The van der Waals surface area contributed by atoms with Crippen molar-refractivity contribution in [1.29, 1.82) is 5.26 Å². The molecule has 0 saturated heterocycles. The second-order valence-electron chi connectivity index (χ2n) is 3.50. The highest BCUT2D eigenvalue weighted by Crippen LogP contribution is 2.23. The van der Waals surface area contributed by atoms with Gasteiger partial charge in [-0.2, -0.15) is 5.26 Å². The van der Waals surface area contributed by atoms with Gasteiger partial charge in [0.1, 0.15) is 0 Å². The highest BCUT2D eigenvalue weighted by atomic mass is 79.9. The van der Waals surface area contributed by atoms with Crippen molar-refractivity contribution in [2.24, 2.45) is 0 Å². The number of aromatic nitrogens is 1. The molecule has 2 aromatic rings. The van der Waals surface area contributed by atoms with Crippen molar-refractivity contribution in [2.45, 2.75) is 0 Å². The van der Waals surface area contributed by atoms with Crippen LogP contribution in [0.5, 0.6) is 0 Å². The second-order valence-corrected chi connectivity index (χ2v) is 4.36. The van der Waals surface area contributed by atoms with Gasteiger partial charge in [0.25, 0.3) is 5.91 Å². The minimum absolute atomic E-state index is 0.242. The number of carbonyl (C=O) groups excluding carboxylic acids is 1. The molecule has 0 unspecified atom stereocenters. The standard InChI is InChI=1S/C13H8BrN3O/c14-11-6-9(7-15)3-4-12(11)17-13(18)10-2-1-5-16-8-10/h1-6,8H,(H,17,18). The summed E-state index contributed by atoms with van der Waals surface area (Å²) in [5.41, 5.74) is 1.62. The van der Waals surface area contributed by atoms with Crippen LogP contribution in [0.4, 0.5) is 5.69 Å². The average molecular weight is 302 g/mol. The summed E-state index contributed by atoms with van der Waals surface area (Å²) in [6.07, 6.45) is 3.10. The minimum Gasteiger partial charge on any atom is -0.321 e. The van der Waals surface area contributed by atoms with E-state index in [-0.39, 0.29) is 5.91 Å². The summed E-state index contributed by atoms with van der Waals surface area (Å²) in [5, 5.41) is 11.5. The fourth-order valence-corrected chi connectivity index (χ4v) is 1.86. The average Bonchev–Trinajstić information content (AvgIpc) is 2.42. The Balaban J connectivity index is 2.20. The first-order valence-corrected chi connectivity index (χ1v) is 5.91. The highest BCUT2D eigenvalue weighted by Gasteiger charge is 2.08. The zero-order valence-electron chi connectivity index (χ0n) is 9.22. The number of nitrogens with one attached hydrogen (secondary N) is 1. The smallest absolute Gasteiger partial charge is 0.257 e. The molecule has 2 rings (SSSR count). The Morgan fingerprint density at radius 3 is 2.83 bits per heavy atom. The lowest BCUT2D eigenvalue weighted by atomic mass is 10.2. The molecule has 1 aromatic carbocycles. The van der Waals surface area contributed by atoms with Crippen molar-refractivity contribution < 1.29 is 4.79 Å². The van der Waals surface area contributed by atoms with E-state index < -0.39 is 0 Å². The van der Waals surface area contributed by atoms with Gasteiger partial charge in [-0.15, -0.1) is 0 Å². The zero-order valence-corrected chi connectivity index (χ0v) is 10.8. The predicted octanol–water partition coefficient (Wildman–Crippen LogP) is 2.97. The van der Waals surface area contributed by atoms with Crippen molar-refractivity contribution >= 4 is 27.5 Å². The van der Waals surface area contributed by atoms with Crippen molar-refractivity contribution in [3.8, 4) is 6.07 Å². The van der Waals surface area contributed by atoms with Gasteiger partial charge in [0.15, 0.2) is 0 Å². The van der Waals surface area contributed by atoms with Crippen LogP contribution < -0.4 is 5.32 Å². The lowest BCUT2D eigenvalue weighted by Gasteiger charge is -2.07. The van der Waals surface area contributed by atoms with Gasteiger partial charge in [0.05, 0.1) is 22.9 Å². The Bertz CT molecular complexity index is 620. The first kappa shape index (κ1) is 12.3. The molecule has 0 spiro atoms. The van der Waals surface area contributed by atoms with E-state index in [0.29, 0.717) is 21.3 Å².